The smallest absolute Gasteiger partial charge is 0.356 e. The molecule has 90 valence electrons. The zero-order chi connectivity index (χ0) is 13.4. The van der Waals surface area contributed by atoms with Gasteiger partial charge in [-0.2, -0.15) is 5.26 Å². The van der Waals surface area contributed by atoms with E-state index in [0.29, 0.717) is 0 Å². The summed E-state index contributed by atoms with van der Waals surface area (Å²) in [6.07, 6.45) is 4.67. The van der Waals surface area contributed by atoms with Crippen molar-refractivity contribution in [2.24, 2.45) is 0 Å². The fraction of sp³-hybridized carbons (Fsp3) is 0. The molecule has 0 spiro atoms. The second kappa shape index (κ2) is 6.60. The van der Waals surface area contributed by atoms with Crippen LogP contribution in [0.1, 0.15) is 16.1 Å². The Balaban J connectivity index is 0.000000225. The molecule has 0 unspecified atom stereocenters. The van der Waals surface area contributed by atoms with E-state index in [1.165, 1.54) is 12.3 Å². The van der Waals surface area contributed by atoms with Gasteiger partial charge in [-0.25, -0.2) is 9.78 Å². The number of hydrogen-bond acceptors (Lipinski definition) is 5. The van der Waals surface area contributed by atoms with Crippen molar-refractivity contribution in [3.63, 3.8) is 0 Å². The number of carbonyl (C=O) groups is 1. The summed E-state index contributed by atoms with van der Waals surface area (Å²) in [6, 6.07) is 8.79. The van der Waals surface area contributed by atoms with Gasteiger partial charge in [0.05, 0.1) is 11.3 Å². The fourth-order valence-electron chi connectivity index (χ4n) is 1.03. The van der Waals surface area contributed by atoms with Crippen LogP contribution in [0.2, 0.25) is 0 Å². The van der Waals surface area contributed by atoms with Crippen molar-refractivity contribution in [2.75, 3.05) is 5.73 Å². The van der Waals surface area contributed by atoms with E-state index in [-0.39, 0.29) is 16.9 Å². The third-order valence-corrected chi connectivity index (χ3v) is 1.82. The van der Waals surface area contributed by atoms with E-state index < -0.39 is 5.97 Å². The Morgan fingerprint density at radius 1 is 1.33 bits per heavy atom. The summed E-state index contributed by atoms with van der Waals surface area (Å²) in [4.78, 5) is 17.7. The third kappa shape index (κ3) is 3.90. The molecule has 6 nitrogen and oxygen atoms in total. The van der Waals surface area contributed by atoms with E-state index in [1.807, 2.05) is 18.2 Å². The summed E-state index contributed by atoms with van der Waals surface area (Å²) in [5, 5.41) is 16.9. The number of rotatable bonds is 1. The number of pyridine rings is 2. The second-order valence-electron chi connectivity index (χ2n) is 3.10. The molecule has 0 radical (unpaired) electrons. The number of carboxylic acids is 1. The van der Waals surface area contributed by atoms with Crippen molar-refractivity contribution in [1.29, 1.82) is 5.26 Å². The molecule has 2 aromatic heterocycles. The van der Waals surface area contributed by atoms with Crippen molar-refractivity contribution in [2.45, 2.75) is 0 Å². The third-order valence-electron chi connectivity index (χ3n) is 1.82. The monoisotopic (exact) mass is 242 g/mol. The van der Waals surface area contributed by atoms with Crippen molar-refractivity contribution in [3.05, 3.63) is 54.1 Å². The molecule has 3 N–H and O–H groups in total. The normalized spacial score (nSPS) is 8.61. The summed E-state index contributed by atoms with van der Waals surface area (Å²) in [6.45, 7) is 0. The van der Waals surface area contributed by atoms with Crippen LogP contribution in [0.25, 0.3) is 0 Å². The number of anilines is 1. The van der Waals surface area contributed by atoms with Gasteiger partial charge in [-0.05, 0) is 18.2 Å². The number of nitriles is 1. The number of nitrogens with zero attached hydrogens (tertiary/aromatic N) is 3. The molecule has 0 fully saturated rings. The van der Waals surface area contributed by atoms with E-state index in [1.54, 1.807) is 18.5 Å². The highest BCUT2D eigenvalue weighted by atomic mass is 16.4. The maximum atomic E-state index is 10.4. The lowest BCUT2D eigenvalue weighted by molar-refractivity contribution is 0.0692. The molecule has 0 amide bonds. The molecule has 18 heavy (non-hydrogen) atoms. The minimum Gasteiger partial charge on any atom is -0.476 e. The molecule has 0 saturated heterocycles. The van der Waals surface area contributed by atoms with Crippen LogP contribution in [0, 0.1) is 11.3 Å². The van der Waals surface area contributed by atoms with Gasteiger partial charge in [-0.15, -0.1) is 0 Å². The van der Waals surface area contributed by atoms with E-state index in [2.05, 4.69) is 9.97 Å². The molecule has 0 aromatic carbocycles. The minimum absolute atomic E-state index is 0.00144. The highest BCUT2D eigenvalue weighted by molar-refractivity contribution is 5.91. The summed E-state index contributed by atoms with van der Waals surface area (Å²) in [5.41, 5.74) is 5.32. The SMILES string of the molecule is N#Cc1cnc(C(=O)O)c(N)c1.c1ccncc1. The summed E-state index contributed by atoms with van der Waals surface area (Å²) in [5.74, 6) is -1.20. The number of nitrogens with two attached hydrogens (primary N) is 1. The topological polar surface area (TPSA) is 113 Å². The van der Waals surface area contributed by atoms with Crippen LogP contribution in [0.5, 0.6) is 0 Å². The zero-order valence-corrected chi connectivity index (χ0v) is 9.32. The Morgan fingerprint density at radius 2 is 2.00 bits per heavy atom. The van der Waals surface area contributed by atoms with Gasteiger partial charge in [0.1, 0.15) is 6.07 Å². The van der Waals surface area contributed by atoms with Gasteiger partial charge in [0.25, 0.3) is 0 Å². The molecule has 0 saturated carbocycles. The highest BCUT2D eigenvalue weighted by Crippen LogP contribution is 2.09. The van der Waals surface area contributed by atoms with Gasteiger partial charge in [0.15, 0.2) is 5.69 Å². The lowest BCUT2D eigenvalue weighted by Gasteiger charge is -1.97. The predicted octanol–water partition coefficient (Wildman–Crippen LogP) is 1.32. The van der Waals surface area contributed by atoms with Crippen molar-refractivity contribution >= 4 is 11.7 Å². The van der Waals surface area contributed by atoms with Gasteiger partial charge >= 0.3 is 5.97 Å². The van der Waals surface area contributed by atoms with E-state index in [4.69, 9.17) is 16.1 Å². The number of nitrogen functional groups attached to an aromatic ring is 1. The Kier molecular flexibility index (Phi) is 4.81. The molecule has 0 aliphatic heterocycles. The molecule has 2 aromatic rings. The van der Waals surface area contributed by atoms with Gasteiger partial charge in [0.2, 0.25) is 0 Å². The molecule has 0 aliphatic carbocycles. The van der Waals surface area contributed by atoms with Crippen molar-refractivity contribution in [1.82, 2.24) is 9.97 Å². The first-order chi connectivity index (χ1) is 8.65. The number of aromatic carboxylic acids is 1. The molecular weight excluding hydrogens is 232 g/mol. The molecule has 0 bridgehead atoms. The van der Waals surface area contributed by atoms with Gasteiger partial charge in [-0.1, -0.05) is 6.07 Å². The standard InChI is InChI=1S/C7H5N3O2.C5H5N/c8-2-4-1-5(9)6(7(11)12)10-3-4;1-2-4-6-5-3-1/h1,3H,9H2,(H,11,12);1-5H. The number of carboxylic acid groups (broad SMARTS) is 1. The summed E-state index contributed by atoms with van der Waals surface area (Å²) < 4.78 is 0. The van der Waals surface area contributed by atoms with Gasteiger partial charge < -0.3 is 10.8 Å². The van der Waals surface area contributed by atoms with Crippen LogP contribution in [0.3, 0.4) is 0 Å². The molecule has 2 rings (SSSR count). The summed E-state index contributed by atoms with van der Waals surface area (Å²) in [7, 11) is 0. The lowest BCUT2D eigenvalue weighted by atomic mass is 10.2. The number of aromatic nitrogens is 2. The molecule has 0 aliphatic rings. The number of hydrogen-bond donors (Lipinski definition) is 2. The lowest BCUT2D eigenvalue weighted by Crippen LogP contribution is -2.05. The maximum absolute atomic E-state index is 10.4. The first kappa shape index (κ1) is 13.1. The van der Waals surface area contributed by atoms with Crippen molar-refractivity contribution < 1.29 is 9.90 Å². The maximum Gasteiger partial charge on any atom is 0.356 e. The molecule has 6 heteroatoms. The molecule has 0 atom stereocenters. The van der Waals surface area contributed by atoms with Crippen molar-refractivity contribution in [3.8, 4) is 6.07 Å². The van der Waals surface area contributed by atoms with Crippen LogP contribution < -0.4 is 5.73 Å². The Hall–Kier alpha value is -2.94. The Bertz CT molecular complexity index is 537. The van der Waals surface area contributed by atoms with Gasteiger partial charge in [0, 0.05) is 18.6 Å². The first-order valence-corrected chi connectivity index (χ1v) is 4.89. The van der Waals surface area contributed by atoms with Gasteiger partial charge in [-0.3, -0.25) is 4.98 Å². The molecule has 2 heterocycles. The Morgan fingerprint density at radius 3 is 2.33 bits per heavy atom. The highest BCUT2D eigenvalue weighted by Gasteiger charge is 2.09. The van der Waals surface area contributed by atoms with Crippen LogP contribution in [0.15, 0.2) is 42.9 Å². The molecular formula is C12H10N4O2. The average Bonchev–Trinajstić information content (AvgIpc) is 2.41. The second-order valence-corrected chi connectivity index (χ2v) is 3.10. The average molecular weight is 242 g/mol. The summed E-state index contributed by atoms with van der Waals surface area (Å²) >= 11 is 0. The quantitative estimate of drug-likeness (QED) is 0.779. The van der Waals surface area contributed by atoms with E-state index in [0.717, 1.165) is 0 Å². The zero-order valence-electron chi connectivity index (χ0n) is 9.32. The Labute approximate surface area is 103 Å². The van der Waals surface area contributed by atoms with Crippen LogP contribution in [-0.4, -0.2) is 21.0 Å². The van der Waals surface area contributed by atoms with Crippen LogP contribution in [-0.2, 0) is 0 Å². The fourth-order valence-corrected chi connectivity index (χ4v) is 1.03. The van der Waals surface area contributed by atoms with Crippen LogP contribution in [0.4, 0.5) is 5.69 Å². The largest absolute Gasteiger partial charge is 0.476 e. The van der Waals surface area contributed by atoms with E-state index in [9.17, 15) is 4.79 Å². The predicted molar refractivity (Wildman–Crippen MR) is 64.6 cm³/mol. The minimum atomic E-state index is -1.20. The van der Waals surface area contributed by atoms with E-state index >= 15 is 0 Å². The first-order valence-electron chi connectivity index (χ1n) is 4.89. The van der Waals surface area contributed by atoms with Crippen LogP contribution >= 0.6 is 0 Å².